The van der Waals surface area contributed by atoms with Crippen molar-refractivity contribution in [2.45, 2.75) is 0 Å². The van der Waals surface area contributed by atoms with Gasteiger partial charge in [0.25, 0.3) is 5.91 Å². The second-order valence-corrected chi connectivity index (χ2v) is 4.99. The van der Waals surface area contributed by atoms with E-state index in [0.717, 1.165) is 4.47 Å². The minimum Gasteiger partial charge on any atom is -0.322 e. The molecule has 1 aromatic heterocycles. The van der Waals surface area contributed by atoms with Gasteiger partial charge >= 0.3 is 0 Å². The number of halogens is 3. The molecule has 0 unspecified atom stereocenters. The van der Waals surface area contributed by atoms with Crippen LogP contribution in [0.1, 0.15) is 10.4 Å². The first kappa shape index (κ1) is 13.3. The fourth-order valence-electron chi connectivity index (χ4n) is 1.24. The predicted molar refractivity (Wildman–Crippen MR) is 74.1 cm³/mol. The second-order valence-electron chi connectivity index (χ2n) is 3.33. The Hall–Kier alpha value is -1.17. The Bertz CT molecular complexity index is 589. The van der Waals surface area contributed by atoms with E-state index in [2.05, 4.69) is 31.4 Å². The monoisotopic (exact) mass is 345 g/mol. The number of hydrogen-bond acceptors (Lipinski definition) is 3. The topological polar surface area (TPSA) is 54.9 Å². The van der Waals surface area contributed by atoms with Crippen LogP contribution in [0.4, 0.5) is 5.69 Å². The molecule has 0 saturated heterocycles. The standard InChI is InChI=1S/C11H6BrCl2N3O/c12-6-1-3-7(4-2-6)15-11(18)8-5-9(13)16-17-10(8)14/h1-5H,(H,15,18). The van der Waals surface area contributed by atoms with Crippen LogP contribution in [0.2, 0.25) is 10.3 Å². The molecular weight excluding hydrogens is 341 g/mol. The fourth-order valence-corrected chi connectivity index (χ4v) is 1.83. The Morgan fingerprint density at radius 3 is 2.50 bits per heavy atom. The van der Waals surface area contributed by atoms with Gasteiger partial charge in [-0.05, 0) is 30.3 Å². The van der Waals surface area contributed by atoms with Crippen LogP contribution in [-0.2, 0) is 0 Å². The van der Waals surface area contributed by atoms with Crippen molar-refractivity contribution >= 4 is 50.7 Å². The summed E-state index contributed by atoms with van der Waals surface area (Å²) in [5.41, 5.74) is 0.826. The Morgan fingerprint density at radius 1 is 1.17 bits per heavy atom. The van der Waals surface area contributed by atoms with Gasteiger partial charge in [0.1, 0.15) is 0 Å². The largest absolute Gasteiger partial charge is 0.322 e. The minimum atomic E-state index is -0.390. The van der Waals surface area contributed by atoms with Gasteiger partial charge in [0.15, 0.2) is 10.3 Å². The summed E-state index contributed by atoms with van der Waals surface area (Å²) in [6, 6.07) is 8.51. The SMILES string of the molecule is O=C(Nc1ccc(Br)cc1)c1cc(Cl)nnc1Cl. The van der Waals surface area contributed by atoms with Crippen LogP contribution >= 0.6 is 39.1 Å². The Morgan fingerprint density at radius 2 is 1.83 bits per heavy atom. The number of rotatable bonds is 2. The van der Waals surface area contributed by atoms with Gasteiger partial charge in [-0.25, -0.2) is 0 Å². The third kappa shape index (κ3) is 3.19. The van der Waals surface area contributed by atoms with Gasteiger partial charge in [-0.15, -0.1) is 10.2 Å². The molecule has 1 amide bonds. The molecule has 0 aliphatic carbocycles. The summed E-state index contributed by atoms with van der Waals surface area (Å²) in [6.45, 7) is 0. The highest BCUT2D eigenvalue weighted by molar-refractivity contribution is 9.10. The number of anilines is 1. The molecule has 92 valence electrons. The zero-order valence-corrected chi connectivity index (χ0v) is 11.9. The highest BCUT2D eigenvalue weighted by atomic mass is 79.9. The van der Waals surface area contributed by atoms with E-state index in [1.807, 2.05) is 12.1 Å². The molecule has 0 bridgehead atoms. The van der Waals surface area contributed by atoms with Crippen molar-refractivity contribution < 1.29 is 4.79 Å². The van der Waals surface area contributed by atoms with Crippen LogP contribution in [0.25, 0.3) is 0 Å². The van der Waals surface area contributed by atoms with Gasteiger partial charge in [0.05, 0.1) is 5.56 Å². The van der Waals surface area contributed by atoms with E-state index in [4.69, 9.17) is 23.2 Å². The quantitative estimate of drug-likeness (QED) is 0.899. The lowest BCUT2D eigenvalue weighted by atomic mass is 10.2. The maximum absolute atomic E-state index is 11.9. The number of carbonyl (C=O) groups is 1. The molecule has 0 fully saturated rings. The fraction of sp³-hybridized carbons (Fsp3) is 0. The highest BCUT2D eigenvalue weighted by Gasteiger charge is 2.13. The van der Waals surface area contributed by atoms with E-state index in [-0.39, 0.29) is 21.8 Å². The van der Waals surface area contributed by atoms with Gasteiger partial charge in [-0.3, -0.25) is 4.79 Å². The van der Waals surface area contributed by atoms with Crippen LogP contribution in [0.3, 0.4) is 0 Å². The lowest BCUT2D eigenvalue weighted by Gasteiger charge is -2.06. The predicted octanol–water partition coefficient (Wildman–Crippen LogP) is 3.80. The van der Waals surface area contributed by atoms with Crippen LogP contribution in [0.5, 0.6) is 0 Å². The molecule has 0 saturated carbocycles. The van der Waals surface area contributed by atoms with Crippen LogP contribution < -0.4 is 5.32 Å². The molecule has 0 aliphatic heterocycles. The molecule has 0 spiro atoms. The molecule has 0 aliphatic rings. The smallest absolute Gasteiger partial charge is 0.258 e. The summed E-state index contributed by atoms with van der Waals surface area (Å²) in [7, 11) is 0. The Balaban J connectivity index is 2.21. The average Bonchev–Trinajstić information content (AvgIpc) is 2.35. The van der Waals surface area contributed by atoms with E-state index in [0.29, 0.717) is 5.69 Å². The number of nitrogens with one attached hydrogen (secondary N) is 1. The van der Waals surface area contributed by atoms with Gasteiger partial charge in [-0.2, -0.15) is 0 Å². The maximum Gasteiger partial charge on any atom is 0.258 e. The van der Waals surface area contributed by atoms with Crippen molar-refractivity contribution in [1.29, 1.82) is 0 Å². The average molecular weight is 347 g/mol. The van der Waals surface area contributed by atoms with E-state index in [9.17, 15) is 4.79 Å². The highest BCUT2D eigenvalue weighted by Crippen LogP contribution is 2.18. The van der Waals surface area contributed by atoms with E-state index < -0.39 is 0 Å². The number of aromatic nitrogens is 2. The molecule has 7 heteroatoms. The number of amides is 1. The van der Waals surface area contributed by atoms with Crippen molar-refractivity contribution in [2.75, 3.05) is 5.32 Å². The first-order valence-corrected chi connectivity index (χ1v) is 6.37. The minimum absolute atomic E-state index is 0.00834. The lowest BCUT2D eigenvalue weighted by molar-refractivity contribution is 0.102. The normalized spacial score (nSPS) is 10.2. The van der Waals surface area contributed by atoms with E-state index >= 15 is 0 Å². The van der Waals surface area contributed by atoms with Gasteiger partial charge < -0.3 is 5.32 Å². The Labute approximate surface area is 121 Å². The number of benzene rings is 1. The Kier molecular flexibility index (Phi) is 4.16. The summed E-state index contributed by atoms with van der Waals surface area (Å²) in [6.07, 6.45) is 0. The van der Waals surface area contributed by atoms with Crippen molar-refractivity contribution in [3.63, 3.8) is 0 Å². The van der Waals surface area contributed by atoms with E-state index in [1.165, 1.54) is 6.07 Å². The van der Waals surface area contributed by atoms with Crippen molar-refractivity contribution in [3.05, 3.63) is 50.7 Å². The zero-order chi connectivity index (χ0) is 13.1. The number of carbonyl (C=O) groups excluding carboxylic acids is 1. The van der Waals surface area contributed by atoms with Gasteiger partial charge in [0, 0.05) is 10.2 Å². The molecular formula is C11H6BrCl2N3O. The first-order valence-electron chi connectivity index (χ1n) is 4.82. The van der Waals surface area contributed by atoms with E-state index in [1.54, 1.807) is 12.1 Å². The molecule has 2 aromatic rings. The first-order chi connectivity index (χ1) is 8.56. The second kappa shape index (κ2) is 5.65. The molecule has 4 nitrogen and oxygen atoms in total. The van der Waals surface area contributed by atoms with Crippen molar-refractivity contribution in [1.82, 2.24) is 10.2 Å². The molecule has 0 radical (unpaired) electrons. The van der Waals surface area contributed by atoms with Crippen molar-refractivity contribution in [3.8, 4) is 0 Å². The molecule has 0 atom stereocenters. The van der Waals surface area contributed by atoms with Crippen LogP contribution in [-0.4, -0.2) is 16.1 Å². The molecule has 1 aromatic carbocycles. The summed E-state index contributed by atoms with van der Waals surface area (Å²) in [5, 5.41) is 9.91. The van der Waals surface area contributed by atoms with Crippen molar-refractivity contribution in [2.24, 2.45) is 0 Å². The zero-order valence-electron chi connectivity index (χ0n) is 8.82. The number of nitrogens with zero attached hydrogens (tertiary/aromatic N) is 2. The summed E-state index contributed by atoms with van der Waals surface area (Å²) in [4.78, 5) is 11.9. The molecule has 1 N–H and O–H groups in total. The van der Waals surface area contributed by atoms with Crippen LogP contribution in [0.15, 0.2) is 34.8 Å². The molecule has 2 rings (SSSR count). The van der Waals surface area contributed by atoms with Crippen LogP contribution in [0, 0.1) is 0 Å². The maximum atomic E-state index is 11.9. The third-order valence-electron chi connectivity index (χ3n) is 2.07. The molecule has 18 heavy (non-hydrogen) atoms. The number of hydrogen-bond donors (Lipinski definition) is 1. The van der Waals surface area contributed by atoms with Gasteiger partial charge in [-0.1, -0.05) is 39.1 Å². The lowest BCUT2D eigenvalue weighted by Crippen LogP contribution is -2.13. The summed E-state index contributed by atoms with van der Waals surface area (Å²) < 4.78 is 0.923. The molecule has 1 heterocycles. The summed E-state index contributed by atoms with van der Waals surface area (Å²) in [5.74, 6) is -0.390. The van der Waals surface area contributed by atoms with Gasteiger partial charge in [0.2, 0.25) is 0 Å². The summed E-state index contributed by atoms with van der Waals surface area (Å²) >= 11 is 14.8. The third-order valence-corrected chi connectivity index (χ3v) is 3.06.